The van der Waals surface area contributed by atoms with Gasteiger partial charge in [0.15, 0.2) is 11.0 Å². The highest BCUT2D eigenvalue weighted by Crippen LogP contribution is 2.28. The zero-order valence-corrected chi connectivity index (χ0v) is 16.0. The molecule has 3 rings (SSSR count). The molecule has 8 heteroatoms. The van der Waals surface area contributed by atoms with Crippen LogP contribution in [0.1, 0.15) is 13.3 Å². The third kappa shape index (κ3) is 4.23. The molecule has 0 spiro atoms. The van der Waals surface area contributed by atoms with E-state index in [0.717, 1.165) is 11.4 Å². The lowest BCUT2D eigenvalue weighted by atomic mass is 10.2. The van der Waals surface area contributed by atoms with Gasteiger partial charge in [-0.3, -0.25) is 9.78 Å². The Morgan fingerprint density at radius 3 is 2.54 bits per heavy atom. The highest BCUT2D eigenvalue weighted by Gasteiger charge is 2.22. The number of hydrogen-bond acceptors (Lipinski definition) is 5. The Morgan fingerprint density at radius 1 is 1.19 bits per heavy atom. The molecule has 0 aliphatic rings. The summed E-state index contributed by atoms with van der Waals surface area (Å²) < 4.78 is 1.89. The first-order chi connectivity index (χ1) is 12.6. The average Bonchev–Trinajstić information content (AvgIpc) is 3.02. The first-order valence-electron chi connectivity index (χ1n) is 8.11. The van der Waals surface area contributed by atoms with E-state index in [1.165, 1.54) is 11.8 Å². The predicted molar refractivity (Wildman–Crippen MR) is 104 cm³/mol. The van der Waals surface area contributed by atoms with Crippen LogP contribution in [-0.2, 0) is 11.8 Å². The molecule has 0 bridgehead atoms. The van der Waals surface area contributed by atoms with Crippen molar-refractivity contribution < 1.29 is 4.79 Å². The second kappa shape index (κ2) is 8.33. The van der Waals surface area contributed by atoms with E-state index in [1.54, 1.807) is 36.7 Å². The number of amides is 1. The first kappa shape index (κ1) is 18.4. The minimum atomic E-state index is -0.279. The summed E-state index contributed by atoms with van der Waals surface area (Å²) in [5.41, 5.74) is 1.65. The Labute approximate surface area is 161 Å². The van der Waals surface area contributed by atoms with Gasteiger partial charge in [-0.1, -0.05) is 30.3 Å². The van der Waals surface area contributed by atoms with Crippen LogP contribution in [0.4, 0.5) is 5.69 Å². The molecule has 134 valence electrons. The quantitative estimate of drug-likeness (QED) is 0.646. The van der Waals surface area contributed by atoms with Gasteiger partial charge in [0.1, 0.15) is 0 Å². The van der Waals surface area contributed by atoms with Crippen LogP contribution in [0.5, 0.6) is 0 Å². The van der Waals surface area contributed by atoms with E-state index >= 15 is 0 Å². The van der Waals surface area contributed by atoms with Crippen LogP contribution in [0.2, 0.25) is 5.02 Å². The van der Waals surface area contributed by atoms with Crippen LogP contribution in [0.25, 0.3) is 11.4 Å². The normalized spacial score (nSPS) is 12.0. The summed E-state index contributed by atoms with van der Waals surface area (Å²) in [6, 6.07) is 10.8. The Kier molecular flexibility index (Phi) is 5.90. The zero-order valence-electron chi connectivity index (χ0n) is 14.4. The number of rotatable bonds is 6. The van der Waals surface area contributed by atoms with Gasteiger partial charge in [0, 0.05) is 35.7 Å². The standard InChI is InChI=1S/C18H18ClN5OS/c1-3-15(17(25)21-14-6-4-13(19)5-7-14)26-18-23-22-16(24(18)2)12-8-10-20-11-9-12/h4-11,15H,3H2,1-2H3,(H,21,25)/t15-/m0/s1. The van der Waals surface area contributed by atoms with E-state index in [2.05, 4.69) is 20.5 Å². The molecule has 0 radical (unpaired) electrons. The Balaban J connectivity index is 1.73. The number of halogens is 1. The lowest BCUT2D eigenvalue weighted by Crippen LogP contribution is -2.25. The topological polar surface area (TPSA) is 72.7 Å². The van der Waals surface area contributed by atoms with E-state index in [-0.39, 0.29) is 11.2 Å². The summed E-state index contributed by atoms with van der Waals surface area (Å²) in [6.45, 7) is 1.97. The molecule has 0 saturated carbocycles. The molecule has 0 aliphatic heterocycles. The number of anilines is 1. The van der Waals surface area contributed by atoms with Crippen LogP contribution in [0.3, 0.4) is 0 Å². The number of pyridine rings is 1. The number of thioether (sulfide) groups is 1. The minimum absolute atomic E-state index is 0.0757. The van der Waals surface area contributed by atoms with Crippen molar-refractivity contribution >= 4 is 35.0 Å². The fourth-order valence-corrected chi connectivity index (χ4v) is 3.42. The molecule has 3 aromatic rings. The highest BCUT2D eigenvalue weighted by atomic mass is 35.5. The number of carbonyl (C=O) groups is 1. The monoisotopic (exact) mass is 387 g/mol. The SMILES string of the molecule is CC[C@H](Sc1nnc(-c2ccncc2)n1C)C(=O)Nc1ccc(Cl)cc1. The molecule has 0 saturated heterocycles. The van der Waals surface area contributed by atoms with Crippen molar-refractivity contribution in [3.05, 3.63) is 53.8 Å². The van der Waals surface area contributed by atoms with Gasteiger partial charge in [-0.05, 0) is 42.8 Å². The van der Waals surface area contributed by atoms with E-state index < -0.39 is 0 Å². The predicted octanol–water partition coefficient (Wildman–Crippen LogP) is 4.04. The van der Waals surface area contributed by atoms with Crippen molar-refractivity contribution in [2.24, 2.45) is 7.05 Å². The number of nitrogens with zero attached hydrogens (tertiary/aromatic N) is 4. The van der Waals surface area contributed by atoms with Crippen molar-refractivity contribution in [2.45, 2.75) is 23.8 Å². The second-order valence-corrected chi connectivity index (χ2v) is 7.22. The van der Waals surface area contributed by atoms with Crippen molar-refractivity contribution in [1.29, 1.82) is 0 Å². The highest BCUT2D eigenvalue weighted by molar-refractivity contribution is 8.00. The number of hydrogen-bond donors (Lipinski definition) is 1. The van der Waals surface area contributed by atoms with Crippen LogP contribution in [-0.4, -0.2) is 30.9 Å². The molecular formula is C18H18ClN5OS. The number of carbonyl (C=O) groups excluding carboxylic acids is 1. The molecule has 2 aromatic heterocycles. The van der Waals surface area contributed by atoms with Gasteiger partial charge in [-0.15, -0.1) is 10.2 Å². The minimum Gasteiger partial charge on any atom is -0.325 e. The second-order valence-electron chi connectivity index (χ2n) is 5.61. The van der Waals surface area contributed by atoms with Gasteiger partial charge < -0.3 is 9.88 Å². The summed E-state index contributed by atoms with van der Waals surface area (Å²) in [6.07, 6.45) is 4.10. The number of benzene rings is 1. The lowest BCUT2D eigenvalue weighted by Gasteiger charge is -2.14. The van der Waals surface area contributed by atoms with E-state index in [4.69, 9.17) is 11.6 Å². The third-order valence-corrected chi connectivity index (χ3v) is 5.45. The van der Waals surface area contributed by atoms with Gasteiger partial charge in [-0.25, -0.2) is 0 Å². The fraction of sp³-hybridized carbons (Fsp3) is 0.222. The molecule has 0 fully saturated rings. The van der Waals surface area contributed by atoms with E-state index in [9.17, 15) is 4.79 Å². The van der Waals surface area contributed by atoms with Crippen molar-refractivity contribution in [3.8, 4) is 11.4 Å². The molecular weight excluding hydrogens is 370 g/mol. The molecule has 26 heavy (non-hydrogen) atoms. The Hall–Kier alpha value is -2.38. The van der Waals surface area contributed by atoms with Crippen LogP contribution in [0, 0.1) is 0 Å². The van der Waals surface area contributed by atoms with Crippen molar-refractivity contribution in [1.82, 2.24) is 19.7 Å². The summed E-state index contributed by atoms with van der Waals surface area (Å²) >= 11 is 7.27. The first-order valence-corrected chi connectivity index (χ1v) is 9.37. The molecule has 1 N–H and O–H groups in total. The zero-order chi connectivity index (χ0) is 18.5. The maximum Gasteiger partial charge on any atom is 0.237 e. The van der Waals surface area contributed by atoms with Crippen LogP contribution < -0.4 is 5.32 Å². The van der Waals surface area contributed by atoms with Gasteiger partial charge in [0.25, 0.3) is 0 Å². The molecule has 1 atom stereocenters. The molecule has 0 aliphatic carbocycles. The maximum atomic E-state index is 12.6. The van der Waals surface area contributed by atoms with Crippen molar-refractivity contribution in [3.63, 3.8) is 0 Å². The van der Waals surface area contributed by atoms with Gasteiger partial charge in [0.2, 0.25) is 5.91 Å². The largest absolute Gasteiger partial charge is 0.325 e. The number of nitrogens with one attached hydrogen (secondary N) is 1. The van der Waals surface area contributed by atoms with E-state index in [1.807, 2.05) is 30.7 Å². The lowest BCUT2D eigenvalue weighted by molar-refractivity contribution is -0.115. The molecule has 6 nitrogen and oxygen atoms in total. The van der Waals surface area contributed by atoms with E-state index in [0.29, 0.717) is 22.3 Å². The van der Waals surface area contributed by atoms with Crippen LogP contribution >= 0.6 is 23.4 Å². The Morgan fingerprint density at radius 2 is 1.88 bits per heavy atom. The molecule has 0 unspecified atom stereocenters. The molecule has 1 amide bonds. The smallest absolute Gasteiger partial charge is 0.237 e. The molecule has 2 heterocycles. The third-order valence-electron chi connectivity index (χ3n) is 3.80. The average molecular weight is 388 g/mol. The number of aromatic nitrogens is 4. The van der Waals surface area contributed by atoms with Crippen molar-refractivity contribution in [2.75, 3.05) is 5.32 Å². The Bertz CT molecular complexity index is 882. The van der Waals surface area contributed by atoms with Gasteiger partial charge in [0.05, 0.1) is 5.25 Å². The van der Waals surface area contributed by atoms with Crippen LogP contribution in [0.15, 0.2) is 53.9 Å². The summed E-state index contributed by atoms with van der Waals surface area (Å²) in [4.78, 5) is 16.6. The molecule has 1 aromatic carbocycles. The summed E-state index contributed by atoms with van der Waals surface area (Å²) in [7, 11) is 1.89. The van der Waals surface area contributed by atoms with Gasteiger partial charge >= 0.3 is 0 Å². The fourth-order valence-electron chi connectivity index (χ4n) is 2.38. The summed E-state index contributed by atoms with van der Waals surface area (Å²) in [5, 5.41) is 12.4. The maximum absolute atomic E-state index is 12.6. The summed E-state index contributed by atoms with van der Waals surface area (Å²) in [5.74, 6) is 0.663. The van der Waals surface area contributed by atoms with Gasteiger partial charge in [-0.2, -0.15) is 0 Å².